The van der Waals surface area contributed by atoms with E-state index in [0.717, 1.165) is 44.1 Å². The van der Waals surface area contributed by atoms with E-state index in [-0.39, 0.29) is 49.9 Å². The van der Waals surface area contributed by atoms with Gasteiger partial charge in [-0.05, 0) is 62.8 Å². The molecular weight excluding hydrogens is 777 g/mol. The Morgan fingerprint density at radius 3 is 1.56 bits per heavy atom. The number of hydrogen-bond donors (Lipinski definition) is 3. The fourth-order valence-corrected chi connectivity index (χ4v) is 7.81. The number of esters is 1. The van der Waals surface area contributed by atoms with Crippen LogP contribution in [0.5, 0.6) is 0 Å². The molecule has 344 valence electrons. The van der Waals surface area contributed by atoms with E-state index >= 15 is 0 Å². The summed E-state index contributed by atoms with van der Waals surface area (Å²) in [4.78, 5) is 104. The minimum Gasteiger partial charge on any atom is -0.451 e. The van der Waals surface area contributed by atoms with Crippen molar-refractivity contribution in [3.63, 3.8) is 0 Å². The predicted molar refractivity (Wildman–Crippen MR) is 238 cm³/mol. The summed E-state index contributed by atoms with van der Waals surface area (Å²) in [5, 5.41) is 8.73. The van der Waals surface area contributed by atoms with Crippen molar-refractivity contribution in [2.45, 2.75) is 182 Å². The normalized spacial score (nSPS) is 25.7. The van der Waals surface area contributed by atoms with Crippen LogP contribution in [-0.4, -0.2) is 120 Å². The Labute approximate surface area is 366 Å². The molecule has 1 saturated heterocycles. The number of unbranched alkanes of at least 4 members (excludes halogenated alkanes) is 2. The Hall–Kier alpha value is -4.49. The van der Waals surface area contributed by atoms with Crippen molar-refractivity contribution in [3.8, 4) is 0 Å². The number of carbonyl (C=O) groups is 7. The van der Waals surface area contributed by atoms with Crippen molar-refractivity contribution in [2.75, 3.05) is 21.1 Å². The molecule has 6 amide bonds. The minimum absolute atomic E-state index is 0.0244. The zero-order valence-corrected chi connectivity index (χ0v) is 39.3. The van der Waals surface area contributed by atoms with Crippen LogP contribution in [0, 0.1) is 17.8 Å². The van der Waals surface area contributed by atoms with E-state index in [2.05, 4.69) is 29.8 Å². The van der Waals surface area contributed by atoms with E-state index in [9.17, 15) is 33.6 Å². The van der Waals surface area contributed by atoms with E-state index in [1.165, 1.54) is 49.7 Å². The first-order valence-electron chi connectivity index (χ1n) is 22.7. The molecular formula is C47H78N6O8. The van der Waals surface area contributed by atoms with Crippen LogP contribution in [0.1, 0.15) is 139 Å². The highest BCUT2D eigenvalue weighted by Gasteiger charge is 2.40. The molecule has 14 nitrogen and oxygen atoms in total. The molecule has 0 bridgehead atoms. The Morgan fingerprint density at radius 1 is 0.590 bits per heavy atom. The van der Waals surface area contributed by atoms with E-state index < -0.39 is 83.8 Å². The number of benzene rings is 1. The molecule has 9 atom stereocenters. The van der Waals surface area contributed by atoms with Crippen LogP contribution in [0.2, 0.25) is 0 Å². The minimum atomic E-state index is -1.33. The summed E-state index contributed by atoms with van der Waals surface area (Å²) in [6.07, 6.45) is 5.79. The third-order valence-electron chi connectivity index (χ3n) is 11.9. The Kier molecular flexibility index (Phi) is 22.5. The van der Waals surface area contributed by atoms with Crippen LogP contribution >= 0.6 is 0 Å². The van der Waals surface area contributed by atoms with E-state index in [1.54, 1.807) is 0 Å². The fourth-order valence-electron chi connectivity index (χ4n) is 7.81. The third-order valence-corrected chi connectivity index (χ3v) is 11.9. The second kappa shape index (κ2) is 26.1. The van der Waals surface area contributed by atoms with Gasteiger partial charge in [-0.2, -0.15) is 0 Å². The van der Waals surface area contributed by atoms with Gasteiger partial charge in [0.15, 0.2) is 6.10 Å². The largest absolute Gasteiger partial charge is 0.451 e. The molecule has 0 radical (unpaired) electrons. The van der Waals surface area contributed by atoms with Gasteiger partial charge in [-0.3, -0.25) is 28.8 Å². The highest BCUT2D eigenvalue weighted by molar-refractivity contribution is 5.97. The first-order valence-corrected chi connectivity index (χ1v) is 22.7. The van der Waals surface area contributed by atoms with Crippen molar-refractivity contribution >= 4 is 41.4 Å². The molecule has 0 spiro atoms. The quantitative estimate of drug-likeness (QED) is 0.185. The van der Waals surface area contributed by atoms with Crippen LogP contribution in [0.3, 0.4) is 0 Å². The van der Waals surface area contributed by atoms with Crippen molar-refractivity contribution < 1.29 is 38.3 Å². The molecule has 4 unspecified atom stereocenters. The van der Waals surface area contributed by atoms with Crippen LogP contribution in [0.25, 0.3) is 0 Å². The Balaban J connectivity index is 2.80. The lowest BCUT2D eigenvalue weighted by Crippen LogP contribution is -2.60. The third kappa shape index (κ3) is 16.4. The molecule has 2 rings (SSSR count). The first kappa shape index (κ1) is 52.6. The number of likely N-dealkylation sites (N-methyl/N-ethyl adjacent to an activating group) is 3. The summed E-state index contributed by atoms with van der Waals surface area (Å²) in [6.45, 7) is 16.8. The molecule has 61 heavy (non-hydrogen) atoms. The van der Waals surface area contributed by atoms with Crippen LogP contribution in [0.4, 0.5) is 0 Å². The van der Waals surface area contributed by atoms with Gasteiger partial charge in [0.2, 0.25) is 29.5 Å². The standard InChI is InChI=1S/C47H78N6O8/c1-13-16-22-31(6)27-37-45(58)51(10)33(8)47(60)61-34(9)41(54)49-38(28-32(7)23-17-14-2)46(59)52(11)39(26-30(4)5)42(55)48-36(21-15-3)44(57)53(12)40(43(56)50-37)29-35-24-19-18-20-25-35/h18-20,24-25,30-34,36-40H,13-17,21-23,26-29H2,1-12H3,(H,48,55)(H,49,54)(H,50,56)/t31-,32-,33+,34-,36?,37?,38?,39?,40+/m1/s1. The summed E-state index contributed by atoms with van der Waals surface area (Å²) in [7, 11) is 4.51. The van der Waals surface area contributed by atoms with E-state index in [1.807, 2.05) is 65.0 Å². The molecule has 1 aliphatic rings. The Morgan fingerprint density at radius 2 is 1.05 bits per heavy atom. The van der Waals surface area contributed by atoms with Gasteiger partial charge in [-0.15, -0.1) is 0 Å². The van der Waals surface area contributed by atoms with Gasteiger partial charge in [-0.1, -0.05) is 124 Å². The smallest absolute Gasteiger partial charge is 0.329 e. The second-order valence-corrected chi connectivity index (χ2v) is 17.9. The number of hydrogen-bond acceptors (Lipinski definition) is 8. The van der Waals surface area contributed by atoms with Crippen LogP contribution < -0.4 is 16.0 Å². The van der Waals surface area contributed by atoms with Crippen molar-refractivity contribution in [1.82, 2.24) is 30.7 Å². The predicted octanol–water partition coefficient (Wildman–Crippen LogP) is 5.41. The van der Waals surface area contributed by atoms with Gasteiger partial charge in [0.1, 0.15) is 36.3 Å². The molecule has 0 saturated carbocycles. The molecule has 0 aromatic heterocycles. The fraction of sp³-hybridized carbons (Fsp3) is 0.723. The average Bonchev–Trinajstić information content (AvgIpc) is 3.23. The van der Waals surface area contributed by atoms with Crippen LogP contribution in [0.15, 0.2) is 30.3 Å². The van der Waals surface area contributed by atoms with Gasteiger partial charge in [-0.25, -0.2) is 4.79 Å². The number of ether oxygens (including phenoxy) is 1. The summed E-state index contributed by atoms with van der Waals surface area (Å²) in [5.74, 6) is -4.12. The number of rotatable bonds is 16. The number of nitrogens with zero attached hydrogens (tertiary/aromatic N) is 3. The zero-order chi connectivity index (χ0) is 46.0. The number of cyclic esters (lactones) is 1. The lowest BCUT2D eigenvalue weighted by atomic mass is 9.94. The molecule has 3 N–H and O–H groups in total. The van der Waals surface area contributed by atoms with Gasteiger partial charge < -0.3 is 35.4 Å². The first-order chi connectivity index (χ1) is 28.8. The second-order valence-electron chi connectivity index (χ2n) is 17.9. The number of amides is 6. The maximum atomic E-state index is 14.6. The van der Waals surface area contributed by atoms with Crippen LogP contribution in [-0.2, 0) is 44.7 Å². The summed E-state index contributed by atoms with van der Waals surface area (Å²) < 4.78 is 5.63. The maximum absolute atomic E-state index is 14.6. The summed E-state index contributed by atoms with van der Waals surface area (Å²) in [6, 6.07) is 2.88. The molecule has 1 fully saturated rings. The van der Waals surface area contributed by atoms with E-state index in [4.69, 9.17) is 4.74 Å². The molecule has 1 aromatic rings. The van der Waals surface area contributed by atoms with Gasteiger partial charge >= 0.3 is 5.97 Å². The van der Waals surface area contributed by atoms with Gasteiger partial charge in [0.25, 0.3) is 5.91 Å². The van der Waals surface area contributed by atoms with Gasteiger partial charge in [0, 0.05) is 27.6 Å². The number of nitrogens with one attached hydrogen (secondary N) is 3. The topological polar surface area (TPSA) is 175 Å². The monoisotopic (exact) mass is 855 g/mol. The van der Waals surface area contributed by atoms with Crippen molar-refractivity contribution in [1.29, 1.82) is 0 Å². The zero-order valence-electron chi connectivity index (χ0n) is 39.3. The Bertz CT molecular complexity index is 1590. The van der Waals surface area contributed by atoms with E-state index in [0.29, 0.717) is 6.42 Å². The number of carbonyl (C=O) groups excluding carboxylic acids is 7. The molecule has 1 heterocycles. The van der Waals surface area contributed by atoms with Crippen molar-refractivity contribution in [3.05, 3.63) is 35.9 Å². The summed E-state index contributed by atoms with van der Waals surface area (Å²) in [5.41, 5.74) is 0.782. The molecule has 1 aliphatic heterocycles. The SMILES string of the molecule is CCCC[C@@H](C)CC1NC(=O)[C@@H](C)OC(=O)[C@H](C)N(C)C(=O)C(C[C@H](C)CCCC)NC(=O)[C@H](Cc2ccccc2)N(C)C(=O)C(CCC)NC(=O)C(CC(C)C)N(C)C1=O. The highest BCUT2D eigenvalue weighted by Crippen LogP contribution is 2.21. The highest BCUT2D eigenvalue weighted by atomic mass is 16.5. The molecule has 14 heteroatoms. The van der Waals surface area contributed by atoms with Crippen molar-refractivity contribution in [2.24, 2.45) is 17.8 Å². The molecule has 0 aliphatic carbocycles. The van der Waals surface area contributed by atoms with Gasteiger partial charge in [0.05, 0.1) is 0 Å². The average molecular weight is 855 g/mol. The molecule has 1 aromatic carbocycles. The lowest BCUT2D eigenvalue weighted by Gasteiger charge is -2.35. The maximum Gasteiger partial charge on any atom is 0.329 e. The lowest BCUT2D eigenvalue weighted by molar-refractivity contribution is -0.162. The summed E-state index contributed by atoms with van der Waals surface area (Å²) >= 11 is 0.